The van der Waals surface area contributed by atoms with Gasteiger partial charge in [0.05, 0.1) is 0 Å². The second kappa shape index (κ2) is 7.24. The van der Waals surface area contributed by atoms with Gasteiger partial charge in [-0.05, 0) is 31.0 Å². The molecular weight excluding hydrogens is 318 g/mol. The fraction of sp³-hybridized carbons (Fsp3) is 0.333. The molecule has 0 aliphatic rings. The van der Waals surface area contributed by atoms with Crippen molar-refractivity contribution < 1.29 is 4.79 Å². The quantitative estimate of drug-likeness (QED) is 0.882. The molecule has 1 atom stereocenters. The van der Waals surface area contributed by atoms with Gasteiger partial charge in [0.2, 0.25) is 5.91 Å². The summed E-state index contributed by atoms with van der Waals surface area (Å²) in [6.45, 7) is 2.63. The molecule has 1 heterocycles. The van der Waals surface area contributed by atoms with Crippen LogP contribution in [-0.4, -0.2) is 21.7 Å². The van der Waals surface area contributed by atoms with Crippen LogP contribution in [0.2, 0.25) is 0 Å². The predicted molar refractivity (Wildman–Crippen MR) is 82.3 cm³/mol. The summed E-state index contributed by atoms with van der Waals surface area (Å²) in [6, 6.07) is 10.0. The van der Waals surface area contributed by atoms with Gasteiger partial charge >= 0.3 is 0 Å². The van der Waals surface area contributed by atoms with Crippen molar-refractivity contribution in [2.45, 2.75) is 32.4 Å². The maximum Gasteiger partial charge on any atom is 0.222 e. The third kappa shape index (κ3) is 4.49. The second-order valence-corrected chi connectivity index (χ2v) is 5.64. The van der Waals surface area contributed by atoms with E-state index in [9.17, 15) is 4.79 Å². The minimum atomic E-state index is 0.0556. The van der Waals surface area contributed by atoms with Crippen molar-refractivity contribution in [2.75, 3.05) is 0 Å². The smallest absolute Gasteiger partial charge is 0.222 e. The van der Waals surface area contributed by atoms with E-state index in [4.69, 9.17) is 0 Å². The summed E-state index contributed by atoms with van der Waals surface area (Å²) in [7, 11) is 0. The van der Waals surface area contributed by atoms with Crippen LogP contribution in [0.25, 0.3) is 0 Å². The van der Waals surface area contributed by atoms with Gasteiger partial charge in [-0.25, -0.2) is 0 Å². The molecule has 1 N–H and O–H groups in total. The van der Waals surface area contributed by atoms with Gasteiger partial charge < -0.3 is 5.32 Å². The van der Waals surface area contributed by atoms with Crippen LogP contribution in [0.5, 0.6) is 0 Å². The summed E-state index contributed by atoms with van der Waals surface area (Å²) in [4.78, 5) is 11.9. The van der Waals surface area contributed by atoms with E-state index in [-0.39, 0.29) is 11.9 Å². The molecule has 106 valence electrons. The highest BCUT2D eigenvalue weighted by Gasteiger charge is 2.09. The number of halogens is 1. The van der Waals surface area contributed by atoms with Crippen LogP contribution in [0.15, 0.2) is 47.2 Å². The highest BCUT2D eigenvalue weighted by atomic mass is 79.9. The third-order valence-corrected chi connectivity index (χ3v) is 3.79. The Labute approximate surface area is 127 Å². The largest absolute Gasteiger partial charge is 0.353 e. The maximum atomic E-state index is 11.9. The monoisotopic (exact) mass is 335 g/mol. The molecule has 0 fully saturated rings. The van der Waals surface area contributed by atoms with E-state index < -0.39 is 0 Å². The van der Waals surface area contributed by atoms with Crippen LogP contribution in [0.1, 0.15) is 18.9 Å². The Kier molecular flexibility index (Phi) is 5.35. The Morgan fingerprint density at radius 3 is 2.90 bits per heavy atom. The first kappa shape index (κ1) is 14.8. The average Bonchev–Trinajstić information content (AvgIpc) is 2.92. The molecule has 0 radical (unpaired) electrons. The van der Waals surface area contributed by atoms with Crippen LogP contribution in [0.4, 0.5) is 0 Å². The normalized spacial score (nSPS) is 12.1. The van der Waals surface area contributed by atoms with Crippen molar-refractivity contribution in [3.63, 3.8) is 0 Å². The number of aryl methyl sites for hydroxylation is 1. The number of nitrogens with one attached hydrogen (secondary N) is 1. The predicted octanol–water partition coefficient (Wildman–Crippen LogP) is 2.78. The Bertz CT molecular complexity index is 554. The molecular formula is C15H18BrN3O. The summed E-state index contributed by atoms with van der Waals surface area (Å²) in [5, 5.41) is 7.09. The van der Waals surface area contributed by atoms with Gasteiger partial charge in [-0.3, -0.25) is 9.48 Å². The van der Waals surface area contributed by atoms with Crippen LogP contribution < -0.4 is 5.32 Å². The van der Waals surface area contributed by atoms with Gasteiger partial charge in [0.1, 0.15) is 0 Å². The molecule has 1 amide bonds. The molecule has 2 rings (SSSR count). The van der Waals surface area contributed by atoms with Crippen molar-refractivity contribution >= 4 is 21.8 Å². The highest BCUT2D eigenvalue weighted by molar-refractivity contribution is 9.10. The number of aromatic nitrogens is 2. The van der Waals surface area contributed by atoms with Gasteiger partial charge in [-0.15, -0.1) is 0 Å². The zero-order valence-electron chi connectivity index (χ0n) is 11.4. The summed E-state index contributed by atoms with van der Waals surface area (Å²) < 4.78 is 2.84. The SMILES string of the molecule is C[C@@H](Cc1ccccc1Br)NC(=O)CCn1cccn1. The summed E-state index contributed by atoms with van der Waals surface area (Å²) in [5.41, 5.74) is 1.20. The minimum absolute atomic E-state index is 0.0556. The van der Waals surface area contributed by atoms with Crippen molar-refractivity contribution in [1.82, 2.24) is 15.1 Å². The minimum Gasteiger partial charge on any atom is -0.353 e. The first-order valence-corrected chi connectivity index (χ1v) is 7.44. The van der Waals surface area contributed by atoms with E-state index in [1.807, 2.05) is 37.4 Å². The number of rotatable bonds is 6. The zero-order chi connectivity index (χ0) is 14.4. The van der Waals surface area contributed by atoms with Crippen LogP contribution in [0.3, 0.4) is 0 Å². The van der Waals surface area contributed by atoms with Crippen molar-refractivity contribution in [3.05, 3.63) is 52.8 Å². The lowest BCUT2D eigenvalue weighted by atomic mass is 10.1. The fourth-order valence-corrected chi connectivity index (χ4v) is 2.49. The molecule has 0 unspecified atom stereocenters. The number of amides is 1. The molecule has 0 aliphatic heterocycles. The molecule has 0 saturated heterocycles. The molecule has 4 nitrogen and oxygen atoms in total. The molecule has 5 heteroatoms. The van der Waals surface area contributed by atoms with E-state index in [0.29, 0.717) is 13.0 Å². The van der Waals surface area contributed by atoms with Crippen molar-refractivity contribution in [2.24, 2.45) is 0 Å². The molecule has 0 spiro atoms. The van der Waals surface area contributed by atoms with Gasteiger partial charge in [0.25, 0.3) is 0 Å². The summed E-state index contributed by atoms with van der Waals surface area (Å²) in [5.74, 6) is 0.0556. The molecule has 0 saturated carbocycles. The average molecular weight is 336 g/mol. The number of nitrogens with zero attached hydrogens (tertiary/aromatic N) is 2. The molecule has 1 aromatic heterocycles. The highest BCUT2D eigenvalue weighted by Crippen LogP contribution is 2.17. The maximum absolute atomic E-state index is 11.9. The molecule has 0 aliphatic carbocycles. The van der Waals surface area contributed by atoms with Gasteiger partial charge in [-0.1, -0.05) is 34.1 Å². The van der Waals surface area contributed by atoms with E-state index in [1.54, 1.807) is 10.9 Å². The Morgan fingerprint density at radius 2 is 2.20 bits per heavy atom. The first-order valence-electron chi connectivity index (χ1n) is 6.65. The Hall–Kier alpha value is -1.62. The zero-order valence-corrected chi connectivity index (χ0v) is 13.0. The van der Waals surface area contributed by atoms with E-state index in [1.165, 1.54) is 5.56 Å². The lowest BCUT2D eigenvalue weighted by Gasteiger charge is -2.15. The summed E-state index contributed by atoms with van der Waals surface area (Å²) in [6.07, 6.45) is 4.84. The lowest BCUT2D eigenvalue weighted by molar-refractivity contribution is -0.121. The number of hydrogen-bond acceptors (Lipinski definition) is 2. The number of benzene rings is 1. The number of carbonyl (C=O) groups excluding carboxylic acids is 1. The van der Waals surface area contributed by atoms with Crippen LogP contribution in [-0.2, 0) is 17.8 Å². The topological polar surface area (TPSA) is 46.9 Å². The van der Waals surface area contributed by atoms with Gasteiger partial charge in [0.15, 0.2) is 0 Å². The van der Waals surface area contributed by atoms with Crippen molar-refractivity contribution in [1.29, 1.82) is 0 Å². The van der Waals surface area contributed by atoms with Crippen LogP contribution in [0, 0.1) is 0 Å². The molecule has 0 bridgehead atoms. The molecule has 1 aromatic carbocycles. The third-order valence-electron chi connectivity index (χ3n) is 3.02. The Balaban J connectivity index is 1.78. The van der Waals surface area contributed by atoms with E-state index in [2.05, 4.69) is 32.4 Å². The number of carbonyl (C=O) groups is 1. The van der Waals surface area contributed by atoms with Gasteiger partial charge in [-0.2, -0.15) is 5.10 Å². The van der Waals surface area contributed by atoms with Gasteiger partial charge in [0, 0.05) is 35.9 Å². The first-order chi connectivity index (χ1) is 9.65. The second-order valence-electron chi connectivity index (χ2n) is 4.78. The number of hydrogen-bond donors (Lipinski definition) is 1. The molecule has 2 aromatic rings. The Morgan fingerprint density at radius 1 is 1.40 bits per heavy atom. The van der Waals surface area contributed by atoms with Crippen LogP contribution >= 0.6 is 15.9 Å². The van der Waals surface area contributed by atoms with E-state index in [0.717, 1.165) is 10.9 Å². The van der Waals surface area contributed by atoms with Crippen molar-refractivity contribution in [3.8, 4) is 0 Å². The fourth-order valence-electron chi connectivity index (χ4n) is 2.04. The van der Waals surface area contributed by atoms with E-state index >= 15 is 0 Å². The molecule has 20 heavy (non-hydrogen) atoms. The standard InChI is InChI=1S/C15H18BrN3O/c1-12(11-13-5-2-3-6-14(13)16)18-15(20)7-10-19-9-4-8-17-19/h2-6,8-9,12H,7,10-11H2,1H3,(H,18,20)/t12-/m0/s1. The lowest BCUT2D eigenvalue weighted by Crippen LogP contribution is -2.34. The summed E-state index contributed by atoms with van der Waals surface area (Å²) >= 11 is 3.52.